The van der Waals surface area contributed by atoms with E-state index in [0.717, 1.165) is 12.2 Å². The largest absolute Gasteiger partial charge is 0.382 e. The van der Waals surface area contributed by atoms with Crippen molar-refractivity contribution in [3.8, 4) is 0 Å². The summed E-state index contributed by atoms with van der Waals surface area (Å²) in [5.74, 6) is 1.16. The van der Waals surface area contributed by atoms with E-state index in [1.54, 1.807) is 12.4 Å². The summed E-state index contributed by atoms with van der Waals surface area (Å²) in [5.41, 5.74) is 8.07. The van der Waals surface area contributed by atoms with Crippen LogP contribution in [0.3, 0.4) is 0 Å². The first-order valence-electron chi connectivity index (χ1n) is 6.12. The molecular weight excluding hydrogens is 224 g/mol. The maximum Gasteiger partial charge on any atom is 0.145 e. The van der Waals surface area contributed by atoms with Crippen LogP contribution in [0.4, 0.5) is 11.6 Å². The molecule has 1 atom stereocenters. The van der Waals surface area contributed by atoms with Gasteiger partial charge in [0.2, 0.25) is 0 Å². The van der Waals surface area contributed by atoms with Gasteiger partial charge in [-0.15, -0.1) is 0 Å². The van der Waals surface area contributed by atoms with Gasteiger partial charge < -0.3 is 11.1 Å². The predicted octanol–water partition coefficient (Wildman–Crippen LogP) is 2.79. The second-order valence-corrected chi connectivity index (χ2v) is 4.29. The number of hydrogen-bond acceptors (Lipinski definition) is 4. The normalized spacial score (nSPS) is 12.1. The molecule has 1 unspecified atom stereocenters. The summed E-state index contributed by atoms with van der Waals surface area (Å²) < 4.78 is 0. The molecule has 0 radical (unpaired) electrons. The van der Waals surface area contributed by atoms with Crippen LogP contribution >= 0.6 is 0 Å². The Hall–Kier alpha value is -2.10. The smallest absolute Gasteiger partial charge is 0.145 e. The highest BCUT2D eigenvalue weighted by molar-refractivity contribution is 5.39. The minimum atomic E-state index is 0.189. The first kappa shape index (κ1) is 12.4. The van der Waals surface area contributed by atoms with E-state index in [1.165, 1.54) is 11.1 Å². The fraction of sp³-hybridized carbons (Fsp3) is 0.286. The van der Waals surface area contributed by atoms with E-state index in [2.05, 4.69) is 53.4 Å². The molecular formula is C14H18N4. The van der Waals surface area contributed by atoms with Gasteiger partial charge in [-0.25, -0.2) is 9.97 Å². The molecule has 1 aromatic carbocycles. The van der Waals surface area contributed by atoms with E-state index in [1.807, 2.05) is 0 Å². The molecule has 0 aliphatic carbocycles. The third-order valence-corrected chi connectivity index (χ3v) is 2.92. The van der Waals surface area contributed by atoms with Gasteiger partial charge in [0.05, 0.1) is 12.4 Å². The molecule has 1 aromatic heterocycles. The molecule has 0 amide bonds. The number of benzene rings is 1. The van der Waals surface area contributed by atoms with E-state index >= 15 is 0 Å². The molecule has 4 nitrogen and oxygen atoms in total. The lowest BCUT2D eigenvalue weighted by Gasteiger charge is -2.15. The van der Waals surface area contributed by atoms with E-state index in [0.29, 0.717) is 5.82 Å². The van der Waals surface area contributed by atoms with E-state index in [4.69, 9.17) is 5.73 Å². The molecule has 18 heavy (non-hydrogen) atoms. The molecule has 4 heteroatoms. The Morgan fingerprint density at radius 3 is 2.44 bits per heavy atom. The number of nitrogen functional groups attached to an aromatic ring is 1. The first-order valence-corrected chi connectivity index (χ1v) is 6.12. The molecule has 0 aliphatic heterocycles. The zero-order chi connectivity index (χ0) is 13.0. The third-order valence-electron chi connectivity index (χ3n) is 2.92. The SMILES string of the molecule is CCc1ccc(C(C)Nc2cnc(N)cn2)cc1. The van der Waals surface area contributed by atoms with Gasteiger partial charge in [0.15, 0.2) is 0 Å². The van der Waals surface area contributed by atoms with E-state index in [-0.39, 0.29) is 6.04 Å². The highest BCUT2D eigenvalue weighted by atomic mass is 15.0. The quantitative estimate of drug-likeness (QED) is 0.865. The van der Waals surface area contributed by atoms with Crippen molar-refractivity contribution < 1.29 is 0 Å². The van der Waals surface area contributed by atoms with Crippen LogP contribution in [0.5, 0.6) is 0 Å². The average molecular weight is 242 g/mol. The number of aromatic nitrogens is 2. The molecule has 2 rings (SSSR count). The van der Waals surface area contributed by atoms with Crippen molar-refractivity contribution in [2.24, 2.45) is 0 Å². The van der Waals surface area contributed by atoms with Crippen LogP contribution in [0, 0.1) is 0 Å². The van der Waals surface area contributed by atoms with Crippen molar-refractivity contribution >= 4 is 11.6 Å². The fourth-order valence-corrected chi connectivity index (χ4v) is 1.76. The number of aryl methyl sites for hydroxylation is 1. The first-order chi connectivity index (χ1) is 8.69. The van der Waals surface area contributed by atoms with Gasteiger partial charge in [-0.1, -0.05) is 31.2 Å². The molecule has 0 saturated heterocycles. The third kappa shape index (κ3) is 2.97. The maximum atomic E-state index is 5.50. The minimum Gasteiger partial charge on any atom is -0.382 e. The minimum absolute atomic E-state index is 0.189. The Kier molecular flexibility index (Phi) is 3.77. The molecule has 1 heterocycles. The van der Waals surface area contributed by atoms with Gasteiger partial charge in [-0.05, 0) is 24.5 Å². The van der Waals surface area contributed by atoms with Gasteiger partial charge in [0.1, 0.15) is 11.6 Å². The van der Waals surface area contributed by atoms with Crippen LogP contribution < -0.4 is 11.1 Å². The molecule has 2 aromatic rings. The van der Waals surface area contributed by atoms with Crippen molar-refractivity contribution in [2.45, 2.75) is 26.3 Å². The second kappa shape index (κ2) is 5.49. The van der Waals surface area contributed by atoms with Gasteiger partial charge >= 0.3 is 0 Å². The summed E-state index contributed by atoms with van der Waals surface area (Å²) in [6, 6.07) is 8.78. The molecule has 0 aliphatic rings. The predicted molar refractivity (Wildman–Crippen MR) is 74.3 cm³/mol. The molecule has 0 bridgehead atoms. The maximum absolute atomic E-state index is 5.50. The number of nitrogens with zero attached hydrogens (tertiary/aromatic N) is 2. The lowest BCUT2D eigenvalue weighted by molar-refractivity contribution is 0.870. The topological polar surface area (TPSA) is 63.8 Å². The number of rotatable bonds is 4. The number of anilines is 2. The van der Waals surface area contributed by atoms with Crippen LogP contribution in [0.1, 0.15) is 31.0 Å². The Morgan fingerprint density at radius 2 is 1.89 bits per heavy atom. The van der Waals surface area contributed by atoms with Crippen molar-refractivity contribution in [1.29, 1.82) is 0 Å². The number of nitrogens with one attached hydrogen (secondary N) is 1. The molecule has 0 saturated carbocycles. The standard InChI is InChI=1S/C14H18N4/c1-3-11-4-6-12(7-5-11)10(2)18-14-9-16-13(15)8-17-14/h4-10H,3H2,1-2H3,(H2,15,16)(H,17,18). The summed E-state index contributed by atoms with van der Waals surface area (Å²) in [6.45, 7) is 4.25. The highest BCUT2D eigenvalue weighted by Gasteiger charge is 2.05. The zero-order valence-electron chi connectivity index (χ0n) is 10.7. The van der Waals surface area contributed by atoms with Crippen molar-refractivity contribution in [3.05, 3.63) is 47.8 Å². The van der Waals surface area contributed by atoms with Crippen LogP contribution in [0.25, 0.3) is 0 Å². The Morgan fingerprint density at radius 1 is 1.17 bits per heavy atom. The molecule has 3 N–H and O–H groups in total. The van der Waals surface area contributed by atoms with Crippen molar-refractivity contribution in [1.82, 2.24) is 9.97 Å². The lowest BCUT2D eigenvalue weighted by Crippen LogP contribution is -2.08. The van der Waals surface area contributed by atoms with Gasteiger partial charge in [-0.3, -0.25) is 0 Å². The Balaban J connectivity index is 2.06. The Bertz CT molecular complexity index is 490. The van der Waals surface area contributed by atoms with Gasteiger partial charge in [0.25, 0.3) is 0 Å². The monoisotopic (exact) mass is 242 g/mol. The zero-order valence-corrected chi connectivity index (χ0v) is 10.7. The molecule has 0 fully saturated rings. The fourth-order valence-electron chi connectivity index (χ4n) is 1.76. The number of hydrogen-bond donors (Lipinski definition) is 2. The van der Waals surface area contributed by atoms with Gasteiger partial charge in [-0.2, -0.15) is 0 Å². The second-order valence-electron chi connectivity index (χ2n) is 4.29. The summed E-state index contributed by atoms with van der Waals surface area (Å²) in [5, 5.41) is 3.29. The van der Waals surface area contributed by atoms with Crippen LogP contribution in [-0.4, -0.2) is 9.97 Å². The van der Waals surface area contributed by atoms with Crippen LogP contribution in [0.15, 0.2) is 36.7 Å². The Labute approximate surface area is 107 Å². The van der Waals surface area contributed by atoms with E-state index < -0.39 is 0 Å². The van der Waals surface area contributed by atoms with Gasteiger partial charge in [0, 0.05) is 6.04 Å². The number of nitrogens with two attached hydrogens (primary N) is 1. The van der Waals surface area contributed by atoms with Crippen LogP contribution in [0.2, 0.25) is 0 Å². The van der Waals surface area contributed by atoms with Crippen molar-refractivity contribution in [2.75, 3.05) is 11.1 Å². The summed E-state index contributed by atoms with van der Waals surface area (Å²) in [4.78, 5) is 8.18. The van der Waals surface area contributed by atoms with E-state index in [9.17, 15) is 0 Å². The highest BCUT2D eigenvalue weighted by Crippen LogP contribution is 2.18. The van der Waals surface area contributed by atoms with Crippen LogP contribution in [-0.2, 0) is 6.42 Å². The molecule has 94 valence electrons. The summed E-state index contributed by atoms with van der Waals surface area (Å²) in [7, 11) is 0. The average Bonchev–Trinajstić information content (AvgIpc) is 2.41. The summed E-state index contributed by atoms with van der Waals surface area (Å²) in [6.07, 6.45) is 4.26. The van der Waals surface area contributed by atoms with Crippen molar-refractivity contribution in [3.63, 3.8) is 0 Å². The summed E-state index contributed by atoms with van der Waals surface area (Å²) >= 11 is 0. The lowest BCUT2D eigenvalue weighted by atomic mass is 10.1. The molecule has 0 spiro atoms.